The molecule has 2 N–H and O–H groups in total. The molecule has 1 rings (SSSR count). The van der Waals surface area contributed by atoms with Crippen molar-refractivity contribution in [2.45, 2.75) is 19.9 Å². The van der Waals surface area contributed by atoms with Crippen LogP contribution in [-0.4, -0.2) is 18.9 Å². The molecule has 15 heavy (non-hydrogen) atoms. The van der Waals surface area contributed by atoms with Crippen molar-refractivity contribution >= 4 is 5.78 Å². The summed E-state index contributed by atoms with van der Waals surface area (Å²) >= 11 is 0. The van der Waals surface area contributed by atoms with Crippen LogP contribution in [0.5, 0.6) is 5.75 Å². The van der Waals surface area contributed by atoms with Gasteiger partial charge in [-0.15, -0.1) is 0 Å². The summed E-state index contributed by atoms with van der Waals surface area (Å²) in [6.07, 6.45) is 0. The normalized spacial score (nSPS) is 12.3. The summed E-state index contributed by atoms with van der Waals surface area (Å²) < 4.78 is 18.4. The van der Waals surface area contributed by atoms with Crippen molar-refractivity contribution in [2.24, 2.45) is 5.73 Å². The van der Waals surface area contributed by atoms with Gasteiger partial charge in [0.15, 0.2) is 5.78 Å². The highest BCUT2D eigenvalue weighted by Crippen LogP contribution is 2.22. The molecule has 1 aromatic rings. The molecule has 1 atom stereocenters. The minimum Gasteiger partial charge on any atom is -0.496 e. The van der Waals surface area contributed by atoms with Gasteiger partial charge in [0.05, 0.1) is 18.7 Å². The Hall–Kier alpha value is -1.42. The maximum Gasteiger partial charge on any atom is 0.182 e. The van der Waals surface area contributed by atoms with Gasteiger partial charge in [0.1, 0.15) is 11.6 Å². The topological polar surface area (TPSA) is 52.3 Å². The minimum atomic E-state index is -0.702. The van der Waals surface area contributed by atoms with Gasteiger partial charge in [-0.3, -0.25) is 4.79 Å². The SMILES string of the molecule is COc1cc(F)c(C(=O)C(C)N)cc1C. The van der Waals surface area contributed by atoms with E-state index < -0.39 is 17.6 Å². The van der Waals surface area contributed by atoms with E-state index in [4.69, 9.17) is 10.5 Å². The lowest BCUT2D eigenvalue weighted by Crippen LogP contribution is -2.27. The molecule has 82 valence electrons. The molecule has 0 aliphatic rings. The number of hydrogen-bond donors (Lipinski definition) is 1. The number of ether oxygens (including phenoxy) is 1. The number of rotatable bonds is 3. The van der Waals surface area contributed by atoms with Crippen molar-refractivity contribution in [1.82, 2.24) is 0 Å². The molecule has 3 nitrogen and oxygen atoms in total. The number of halogens is 1. The summed E-state index contributed by atoms with van der Waals surface area (Å²) in [5.74, 6) is -0.577. The van der Waals surface area contributed by atoms with Gasteiger partial charge in [0.2, 0.25) is 0 Å². The van der Waals surface area contributed by atoms with Crippen LogP contribution in [0.3, 0.4) is 0 Å². The first-order valence-electron chi connectivity index (χ1n) is 4.61. The van der Waals surface area contributed by atoms with Crippen LogP contribution in [0.4, 0.5) is 4.39 Å². The van der Waals surface area contributed by atoms with Crippen LogP contribution >= 0.6 is 0 Å². The van der Waals surface area contributed by atoms with E-state index in [1.807, 2.05) is 0 Å². The summed E-state index contributed by atoms with van der Waals surface area (Å²) in [6, 6.07) is 1.96. The van der Waals surface area contributed by atoms with Crippen molar-refractivity contribution in [2.75, 3.05) is 7.11 Å². The van der Waals surface area contributed by atoms with E-state index in [0.717, 1.165) is 0 Å². The van der Waals surface area contributed by atoms with E-state index in [9.17, 15) is 9.18 Å². The Balaban J connectivity index is 3.22. The monoisotopic (exact) mass is 211 g/mol. The van der Waals surface area contributed by atoms with Crippen molar-refractivity contribution in [1.29, 1.82) is 0 Å². The Morgan fingerprint density at radius 1 is 1.53 bits per heavy atom. The zero-order valence-corrected chi connectivity index (χ0v) is 9.00. The second kappa shape index (κ2) is 4.40. The lowest BCUT2D eigenvalue weighted by molar-refractivity contribution is 0.0964. The smallest absolute Gasteiger partial charge is 0.182 e. The zero-order chi connectivity index (χ0) is 11.6. The summed E-state index contributed by atoms with van der Waals surface area (Å²) in [5.41, 5.74) is 6.14. The maximum absolute atomic E-state index is 13.5. The van der Waals surface area contributed by atoms with Crippen LogP contribution in [0, 0.1) is 12.7 Å². The second-order valence-corrected chi connectivity index (χ2v) is 3.45. The van der Waals surface area contributed by atoms with Gasteiger partial charge in [0.25, 0.3) is 0 Å². The lowest BCUT2D eigenvalue weighted by atomic mass is 10.0. The number of carbonyl (C=O) groups is 1. The standard InChI is InChI=1S/C11H14FNO2/c1-6-4-8(11(14)7(2)13)9(12)5-10(6)15-3/h4-5,7H,13H2,1-3H3. The number of Topliss-reactive ketones (excluding diaryl/α,β-unsaturated/α-hetero) is 1. The predicted octanol–water partition coefficient (Wildman–Crippen LogP) is 1.67. The molecule has 0 aliphatic carbocycles. The summed E-state index contributed by atoms with van der Waals surface area (Å²) in [4.78, 5) is 11.5. The molecule has 0 spiro atoms. The quantitative estimate of drug-likeness (QED) is 0.774. The number of nitrogens with two attached hydrogens (primary N) is 1. The Bertz CT molecular complexity index is 388. The Morgan fingerprint density at radius 2 is 2.13 bits per heavy atom. The fourth-order valence-electron chi connectivity index (χ4n) is 1.32. The van der Waals surface area contributed by atoms with Crippen molar-refractivity contribution < 1.29 is 13.9 Å². The number of methoxy groups -OCH3 is 1. The van der Waals surface area contributed by atoms with Gasteiger partial charge in [0, 0.05) is 6.07 Å². The molecule has 1 aromatic carbocycles. The molecular formula is C11H14FNO2. The van der Waals surface area contributed by atoms with Crippen molar-refractivity contribution in [3.05, 3.63) is 29.1 Å². The molecule has 0 radical (unpaired) electrons. The molecule has 0 saturated carbocycles. The van der Waals surface area contributed by atoms with E-state index in [-0.39, 0.29) is 5.56 Å². The molecule has 4 heteroatoms. The highest BCUT2D eigenvalue weighted by molar-refractivity contribution is 6.00. The Labute approximate surface area is 88.0 Å². The number of ketones is 1. The van der Waals surface area contributed by atoms with Crippen LogP contribution in [-0.2, 0) is 0 Å². The van der Waals surface area contributed by atoms with Crippen LogP contribution in [0.1, 0.15) is 22.8 Å². The fourth-order valence-corrected chi connectivity index (χ4v) is 1.32. The van der Waals surface area contributed by atoms with Crippen molar-refractivity contribution in [3.8, 4) is 5.75 Å². The average Bonchev–Trinajstić information content (AvgIpc) is 2.19. The molecule has 0 bridgehead atoms. The van der Waals surface area contributed by atoms with Gasteiger partial charge >= 0.3 is 0 Å². The minimum absolute atomic E-state index is 0.0169. The summed E-state index contributed by atoms with van der Waals surface area (Å²) in [5, 5.41) is 0. The largest absolute Gasteiger partial charge is 0.496 e. The first kappa shape index (κ1) is 11.7. The molecular weight excluding hydrogens is 197 g/mol. The van der Waals surface area contributed by atoms with Crippen molar-refractivity contribution in [3.63, 3.8) is 0 Å². The van der Waals surface area contributed by atoms with Gasteiger partial charge in [-0.05, 0) is 25.5 Å². The maximum atomic E-state index is 13.5. The summed E-state index contributed by atoms with van der Waals surface area (Å²) in [6.45, 7) is 3.28. The third-order valence-electron chi connectivity index (χ3n) is 2.16. The van der Waals surface area contributed by atoms with Crippen LogP contribution in [0.15, 0.2) is 12.1 Å². The van der Waals surface area contributed by atoms with Gasteiger partial charge < -0.3 is 10.5 Å². The average molecular weight is 211 g/mol. The Kier molecular flexibility index (Phi) is 3.42. The molecule has 0 fully saturated rings. The van der Waals surface area contributed by atoms with E-state index in [1.165, 1.54) is 26.2 Å². The third-order valence-corrected chi connectivity index (χ3v) is 2.16. The highest BCUT2D eigenvalue weighted by atomic mass is 19.1. The number of hydrogen-bond acceptors (Lipinski definition) is 3. The first-order chi connectivity index (χ1) is 6.97. The predicted molar refractivity (Wildman–Crippen MR) is 55.7 cm³/mol. The molecule has 0 aliphatic heterocycles. The number of carbonyl (C=O) groups excluding carboxylic acids is 1. The second-order valence-electron chi connectivity index (χ2n) is 3.45. The molecule has 0 heterocycles. The van der Waals surface area contributed by atoms with E-state index >= 15 is 0 Å². The molecule has 0 amide bonds. The van der Waals surface area contributed by atoms with Gasteiger partial charge in [-0.2, -0.15) is 0 Å². The van der Waals surface area contributed by atoms with Gasteiger partial charge in [-0.1, -0.05) is 0 Å². The summed E-state index contributed by atoms with van der Waals surface area (Å²) in [7, 11) is 1.45. The van der Waals surface area contributed by atoms with E-state index in [1.54, 1.807) is 6.92 Å². The molecule has 0 saturated heterocycles. The van der Waals surface area contributed by atoms with E-state index in [0.29, 0.717) is 11.3 Å². The van der Waals surface area contributed by atoms with Crippen LogP contribution in [0.2, 0.25) is 0 Å². The first-order valence-corrected chi connectivity index (χ1v) is 4.61. The molecule has 1 unspecified atom stereocenters. The number of benzene rings is 1. The number of aryl methyl sites for hydroxylation is 1. The third kappa shape index (κ3) is 2.33. The zero-order valence-electron chi connectivity index (χ0n) is 9.00. The van der Waals surface area contributed by atoms with Crippen LogP contribution < -0.4 is 10.5 Å². The lowest BCUT2D eigenvalue weighted by Gasteiger charge is -2.09. The fraction of sp³-hybridized carbons (Fsp3) is 0.364. The van der Waals surface area contributed by atoms with Gasteiger partial charge in [-0.25, -0.2) is 4.39 Å². The molecule has 0 aromatic heterocycles. The Morgan fingerprint density at radius 3 is 2.60 bits per heavy atom. The van der Waals surface area contributed by atoms with E-state index in [2.05, 4.69) is 0 Å². The highest BCUT2D eigenvalue weighted by Gasteiger charge is 2.17. The van der Waals surface area contributed by atoms with Crippen LogP contribution in [0.25, 0.3) is 0 Å².